The third-order valence-corrected chi connectivity index (χ3v) is 3.22. The molecule has 0 aliphatic rings. The Morgan fingerprint density at radius 1 is 0.950 bits per heavy atom. The van der Waals surface area contributed by atoms with E-state index in [0.29, 0.717) is 0 Å². The number of hydrogen-bond donors (Lipinski definition) is 1. The number of benzene rings is 2. The molecule has 2 nitrogen and oxygen atoms in total. The summed E-state index contributed by atoms with van der Waals surface area (Å²) in [4.78, 5) is 0. The van der Waals surface area contributed by atoms with Crippen LogP contribution in [-0.2, 0) is 11.2 Å². The molecule has 1 N–H and O–H groups in total. The summed E-state index contributed by atoms with van der Waals surface area (Å²) in [5.74, 6) is 0. The first-order chi connectivity index (χ1) is 9.84. The summed E-state index contributed by atoms with van der Waals surface area (Å²) in [5, 5.41) is 3.38. The van der Waals surface area contributed by atoms with E-state index < -0.39 is 0 Å². The fraction of sp³-hybridized carbons (Fsp3) is 0.333. The number of para-hydroxylation sites is 1. The predicted molar refractivity (Wildman–Crippen MR) is 85.1 cm³/mol. The summed E-state index contributed by atoms with van der Waals surface area (Å²) in [5.41, 5.74) is 2.53. The van der Waals surface area contributed by atoms with Gasteiger partial charge in [0.25, 0.3) is 0 Å². The zero-order valence-electron chi connectivity index (χ0n) is 12.1. The van der Waals surface area contributed by atoms with Gasteiger partial charge in [-0.25, -0.2) is 0 Å². The van der Waals surface area contributed by atoms with E-state index in [2.05, 4.69) is 54.7 Å². The normalized spacial score (nSPS) is 12.1. The first kappa shape index (κ1) is 14.6. The lowest BCUT2D eigenvalue weighted by Crippen LogP contribution is -2.20. The summed E-state index contributed by atoms with van der Waals surface area (Å²) in [6.07, 6.45) is 2.38. The van der Waals surface area contributed by atoms with Crippen LogP contribution in [-0.4, -0.2) is 19.3 Å². The van der Waals surface area contributed by atoms with Crippen LogP contribution in [0.2, 0.25) is 0 Å². The second kappa shape index (κ2) is 8.39. The topological polar surface area (TPSA) is 21.3 Å². The van der Waals surface area contributed by atoms with Crippen LogP contribution in [0.4, 0.5) is 5.69 Å². The van der Waals surface area contributed by atoms with Crippen molar-refractivity contribution in [3.63, 3.8) is 0 Å². The molecule has 0 aromatic heterocycles. The molecule has 0 aliphatic heterocycles. The van der Waals surface area contributed by atoms with Gasteiger partial charge in [0.15, 0.2) is 0 Å². The molecule has 0 aliphatic carbocycles. The molecule has 0 saturated carbocycles. The number of aryl methyl sites for hydroxylation is 1. The molecular weight excluding hydrogens is 246 g/mol. The van der Waals surface area contributed by atoms with Gasteiger partial charge >= 0.3 is 0 Å². The van der Waals surface area contributed by atoms with Gasteiger partial charge < -0.3 is 10.1 Å². The molecule has 0 bridgehead atoms. The van der Waals surface area contributed by atoms with E-state index in [1.807, 2.05) is 18.2 Å². The van der Waals surface area contributed by atoms with Crippen LogP contribution in [0.5, 0.6) is 0 Å². The summed E-state index contributed by atoms with van der Waals surface area (Å²) < 4.78 is 5.82. The van der Waals surface area contributed by atoms with E-state index in [4.69, 9.17) is 4.74 Å². The minimum absolute atomic E-state index is 0.228. The first-order valence-electron chi connectivity index (χ1n) is 7.29. The molecule has 2 rings (SSSR count). The highest BCUT2D eigenvalue weighted by molar-refractivity contribution is 5.42. The van der Waals surface area contributed by atoms with Gasteiger partial charge in [0.2, 0.25) is 0 Å². The molecule has 1 unspecified atom stereocenters. The lowest BCUT2D eigenvalue weighted by Gasteiger charge is -2.14. The van der Waals surface area contributed by atoms with Gasteiger partial charge in [0.05, 0.1) is 6.10 Å². The van der Waals surface area contributed by atoms with Crippen molar-refractivity contribution < 1.29 is 4.74 Å². The van der Waals surface area contributed by atoms with Crippen molar-refractivity contribution in [3.8, 4) is 0 Å². The molecule has 1 atom stereocenters. The minimum atomic E-state index is 0.228. The van der Waals surface area contributed by atoms with E-state index in [1.165, 1.54) is 5.56 Å². The SMILES string of the molecule is CC(CNc1ccccc1)OCCCc1ccccc1. The van der Waals surface area contributed by atoms with Crippen LogP contribution in [0.1, 0.15) is 18.9 Å². The van der Waals surface area contributed by atoms with Gasteiger partial charge in [0.1, 0.15) is 0 Å². The van der Waals surface area contributed by atoms with Crippen molar-refractivity contribution in [2.45, 2.75) is 25.9 Å². The smallest absolute Gasteiger partial charge is 0.0719 e. The number of rotatable bonds is 8. The van der Waals surface area contributed by atoms with Crippen molar-refractivity contribution in [1.82, 2.24) is 0 Å². The average Bonchev–Trinajstić information content (AvgIpc) is 2.52. The van der Waals surface area contributed by atoms with E-state index >= 15 is 0 Å². The van der Waals surface area contributed by atoms with Crippen LogP contribution in [0.25, 0.3) is 0 Å². The maximum Gasteiger partial charge on any atom is 0.0719 e. The van der Waals surface area contributed by atoms with E-state index in [9.17, 15) is 0 Å². The van der Waals surface area contributed by atoms with Crippen LogP contribution in [0.15, 0.2) is 60.7 Å². The van der Waals surface area contributed by atoms with Crippen molar-refractivity contribution in [3.05, 3.63) is 66.2 Å². The van der Waals surface area contributed by atoms with Crippen LogP contribution < -0.4 is 5.32 Å². The maximum absolute atomic E-state index is 5.82. The fourth-order valence-corrected chi connectivity index (χ4v) is 2.08. The number of nitrogens with one attached hydrogen (secondary N) is 1. The summed E-state index contributed by atoms with van der Waals surface area (Å²) in [7, 11) is 0. The molecule has 0 amide bonds. The summed E-state index contributed by atoms with van der Waals surface area (Å²) in [6.45, 7) is 3.76. The molecule has 0 spiro atoms. The Morgan fingerprint density at radius 3 is 2.30 bits per heavy atom. The van der Waals surface area contributed by atoms with E-state index in [1.54, 1.807) is 0 Å². The molecule has 0 heterocycles. The van der Waals surface area contributed by atoms with E-state index in [0.717, 1.165) is 31.7 Å². The van der Waals surface area contributed by atoms with Crippen LogP contribution >= 0.6 is 0 Å². The molecule has 0 radical (unpaired) electrons. The molecule has 2 heteroatoms. The van der Waals surface area contributed by atoms with Crippen LogP contribution in [0, 0.1) is 0 Å². The Kier molecular flexibility index (Phi) is 6.12. The lowest BCUT2D eigenvalue weighted by atomic mass is 10.1. The Labute approximate surface area is 121 Å². The average molecular weight is 269 g/mol. The minimum Gasteiger partial charge on any atom is -0.382 e. The Bertz CT molecular complexity index is 469. The zero-order chi connectivity index (χ0) is 14.0. The predicted octanol–water partition coefficient (Wildman–Crippen LogP) is 4.14. The quantitative estimate of drug-likeness (QED) is 0.727. The second-order valence-corrected chi connectivity index (χ2v) is 5.02. The molecular formula is C18H23NO. The van der Waals surface area contributed by atoms with Gasteiger partial charge in [0, 0.05) is 18.8 Å². The highest BCUT2D eigenvalue weighted by atomic mass is 16.5. The summed E-state index contributed by atoms with van der Waals surface area (Å²) in [6, 6.07) is 20.8. The number of ether oxygens (including phenoxy) is 1. The molecule has 106 valence electrons. The van der Waals surface area contributed by atoms with Crippen molar-refractivity contribution >= 4 is 5.69 Å². The number of anilines is 1. The molecule has 0 saturated heterocycles. The van der Waals surface area contributed by atoms with Gasteiger partial charge in [-0.05, 0) is 37.5 Å². The van der Waals surface area contributed by atoms with Crippen molar-refractivity contribution in [2.24, 2.45) is 0 Å². The summed E-state index contributed by atoms with van der Waals surface area (Å²) >= 11 is 0. The van der Waals surface area contributed by atoms with Gasteiger partial charge in [-0.2, -0.15) is 0 Å². The van der Waals surface area contributed by atoms with Gasteiger partial charge in [-0.3, -0.25) is 0 Å². The Hall–Kier alpha value is -1.80. The number of hydrogen-bond acceptors (Lipinski definition) is 2. The first-order valence-corrected chi connectivity index (χ1v) is 7.29. The highest BCUT2D eigenvalue weighted by Gasteiger charge is 2.01. The molecule has 20 heavy (non-hydrogen) atoms. The third-order valence-electron chi connectivity index (χ3n) is 3.22. The zero-order valence-corrected chi connectivity index (χ0v) is 12.1. The van der Waals surface area contributed by atoms with Crippen molar-refractivity contribution in [1.29, 1.82) is 0 Å². The maximum atomic E-state index is 5.82. The Balaban J connectivity index is 1.57. The standard InChI is InChI=1S/C18H23NO/c1-16(15-19-18-12-6-3-7-13-18)20-14-8-11-17-9-4-2-5-10-17/h2-7,9-10,12-13,16,19H,8,11,14-15H2,1H3. The van der Waals surface area contributed by atoms with Crippen LogP contribution in [0.3, 0.4) is 0 Å². The largest absolute Gasteiger partial charge is 0.382 e. The van der Waals surface area contributed by atoms with Gasteiger partial charge in [-0.15, -0.1) is 0 Å². The highest BCUT2D eigenvalue weighted by Crippen LogP contribution is 2.06. The monoisotopic (exact) mass is 269 g/mol. The Morgan fingerprint density at radius 2 is 1.60 bits per heavy atom. The van der Waals surface area contributed by atoms with Gasteiger partial charge in [-0.1, -0.05) is 48.5 Å². The molecule has 2 aromatic rings. The fourth-order valence-electron chi connectivity index (χ4n) is 2.08. The molecule has 2 aromatic carbocycles. The molecule has 0 fully saturated rings. The third kappa shape index (κ3) is 5.45. The van der Waals surface area contributed by atoms with E-state index in [-0.39, 0.29) is 6.10 Å². The van der Waals surface area contributed by atoms with Crippen molar-refractivity contribution in [2.75, 3.05) is 18.5 Å². The second-order valence-electron chi connectivity index (χ2n) is 5.02. The lowest BCUT2D eigenvalue weighted by molar-refractivity contribution is 0.0731.